The number of aromatic hydroxyl groups is 1. The molecule has 0 aliphatic heterocycles. The SMILES string of the molecule is CCCCCCc1ccc(CC(C)C(=O)c2c(OCC(CC/C=C/NC(=O)OC)c3cc(O)c(C(=O)C(C)Cc4ccc(CCCC)s4)c(=O)o3)cc(C(C)CC/C=C/NC(=O)OC)oc2=O)cn1. The Morgan fingerprint density at radius 2 is 1.36 bits per heavy atom. The van der Waals surface area contributed by atoms with Crippen molar-refractivity contribution in [1.82, 2.24) is 15.6 Å². The Balaban J connectivity index is 1.66. The molecular weight excluding hydrogens is 903 g/mol. The molecule has 4 heterocycles. The molecule has 0 saturated heterocycles. The van der Waals surface area contributed by atoms with Crippen molar-refractivity contribution in [1.29, 1.82) is 0 Å². The first kappa shape index (κ1) is 55.3. The van der Waals surface area contributed by atoms with Crippen LogP contribution in [-0.4, -0.2) is 54.7 Å². The second-order valence-corrected chi connectivity index (χ2v) is 18.6. The zero-order valence-electron chi connectivity index (χ0n) is 41.1. The Hall–Kier alpha value is -6.29. The summed E-state index contributed by atoms with van der Waals surface area (Å²) in [5, 5.41) is 16.2. The van der Waals surface area contributed by atoms with Crippen LogP contribution in [0.1, 0.15) is 164 Å². The van der Waals surface area contributed by atoms with Crippen LogP contribution in [0.3, 0.4) is 0 Å². The lowest BCUT2D eigenvalue weighted by Crippen LogP contribution is -2.25. The molecule has 4 atom stereocenters. The second-order valence-electron chi connectivity index (χ2n) is 17.4. The van der Waals surface area contributed by atoms with Gasteiger partial charge in [0.25, 0.3) is 0 Å². The summed E-state index contributed by atoms with van der Waals surface area (Å²) in [4.78, 5) is 85.6. The first-order valence-corrected chi connectivity index (χ1v) is 24.8. The van der Waals surface area contributed by atoms with Crippen molar-refractivity contribution >= 4 is 35.1 Å². The molecule has 16 heteroatoms. The van der Waals surface area contributed by atoms with Crippen LogP contribution in [0.15, 0.2) is 85.6 Å². The van der Waals surface area contributed by atoms with Crippen LogP contribution in [-0.2, 0) is 35.2 Å². The van der Waals surface area contributed by atoms with E-state index in [1.165, 1.54) is 50.1 Å². The molecule has 4 aromatic heterocycles. The smallest absolute Gasteiger partial charge is 0.410 e. The van der Waals surface area contributed by atoms with Crippen LogP contribution in [0, 0.1) is 11.8 Å². The van der Waals surface area contributed by atoms with Gasteiger partial charge in [0, 0.05) is 63.9 Å². The molecule has 15 nitrogen and oxygen atoms in total. The Morgan fingerprint density at radius 1 is 0.739 bits per heavy atom. The zero-order chi connectivity index (χ0) is 50.3. The normalized spacial score (nSPS) is 13.2. The maximum Gasteiger partial charge on any atom is 0.410 e. The van der Waals surface area contributed by atoms with E-state index < -0.39 is 64.1 Å². The Morgan fingerprint density at radius 3 is 2.00 bits per heavy atom. The standard InChI is InChI=1S/C53H69N3O12S/c1-8-10-12-13-20-39-23-22-37(32-56-39)28-35(4)49(59)47-45(31-43(67-51(47)61)34(3)18-14-16-26-54-52(62)64-6)66-33-38(19-15-17-27-55-53(63)65-7)44-30-42(57)46(50(60)68-44)48(58)36(5)29-41-25-24-40(69-41)21-11-9-2/h16-17,22-27,30-32,34-36,38,57H,8-15,18-21,28-29,33H2,1-7H3,(H,54,62)(H,55,63)/b26-16+,27-17+. The number of alkyl carbamates (subject to hydrolysis) is 2. The maximum absolute atomic E-state index is 14.3. The fraction of sp³-hybridized carbons (Fsp3) is 0.491. The average molecular weight is 972 g/mol. The molecule has 0 fully saturated rings. The third kappa shape index (κ3) is 17.6. The summed E-state index contributed by atoms with van der Waals surface area (Å²) in [6.07, 6.45) is 17.3. The number of Topliss-reactive ketones (excluding diaryl/α,β-unsaturated/α-hetero) is 2. The summed E-state index contributed by atoms with van der Waals surface area (Å²) in [5.41, 5.74) is -0.845. The van der Waals surface area contributed by atoms with E-state index in [1.807, 2.05) is 25.1 Å². The van der Waals surface area contributed by atoms with Crippen LogP contribution < -0.4 is 26.6 Å². The molecule has 0 saturated carbocycles. The van der Waals surface area contributed by atoms with Gasteiger partial charge in [-0.05, 0) is 88.0 Å². The maximum atomic E-state index is 14.3. The highest BCUT2D eigenvalue weighted by molar-refractivity contribution is 7.12. The molecule has 4 unspecified atom stereocenters. The number of unbranched alkanes of at least 4 members (excludes halogenated alkanes) is 4. The summed E-state index contributed by atoms with van der Waals surface area (Å²) in [6, 6.07) is 10.7. The monoisotopic (exact) mass is 971 g/mol. The summed E-state index contributed by atoms with van der Waals surface area (Å²) < 4.78 is 27.2. The molecule has 0 aliphatic carbocycles. The van der Waals surface area contributed by atoms with Gasteiger partial charge in [-0.2, -0.15) is 0 Å². The second kappa shape index (κ2) is 28.9. The highest BCUT2D eigenvalue weighted by Crippen LogP contribution is 2.32. The molecule has 69 heavy (non-hydrogen) atoms. The van der Waals surface area contributed by atoms with E-state index in [0.29, 0.717) is 32.1 Å². The number of aromatic nitrogens is 1. The first-order valence-electron chi connectivity index (χ1n) is 24.0. The molecule has 4 aromatic rings. The van der Waals surface area contributed by atoms with E-state index in [0.717, 1.165) is 61.1 Å². The van der Waals surface area contributed by atoms with Crippen molar-refractivity contribution in [3.05, 3.63) is 132 Å². The van der Waals surface area contributed by atoms with Gasteiger partial charge in [-0.3, -0.25) is 25.2 Å². The summed E-state index contributed by atoms with van der Waals surface area (Å²) >= 11 is 1.63. The highest BCUT2D eigenvalue weighted by Gasteiger charge is 2.30. The number of carbonyl (C=O) groups is 4. The van der Waals surface area contributed by atoms with Crippen molar-refractivity contribution in [2.24, 2.45) is 11.8 Å². The molecule has 2 amide bonds. The molecule has 3 N–H and O–H groups in total. The van der Waals surface area contributed by atoms with E-state index in [2.05, 4.69) is 45.0 Å². The number of carbonyl (C=O) groups excluding carboxylic acids is 4. The van der Waals surface area contributed by atoms with Gasteiger partial charge in [-0.1, -0.05) is 78.5 Å². The van der Waals surface area contributed by atoms with E-state index in [1.54, 1.807) is 43.5 Å². The van der Waals surface area contributed by atoms with Gasteiger partial charge in [0.05, 0.1) is 26.7 Å². The minimum Gasteiger partial charge on any atom is -0.507 e. The summed E-state index contributed by atoms with van der Waals surface area (Å²) in [5.74, 6) is -3.83. The zero-order valence-corrected chi connectivity index (χ0v) is 41.9. The van der Waals surface area contributed by atoms with Gasteiger partial charge < -0.3 is 28.2 Å². The molecule has 4 rings (SSSR count). The number of methoxy groups -OCH3 is 2. The van der Waals surface area contributed by atoms with E-state index in [9.17, 15) is 33.9 Å². The number of ether oxygens (including phenoxy) is 3. The number of ketones is 2. The molecule has 0 aromatic carbocycles. The van der Waals surface area contributed by atoms with E-state index >= 15 is 0 Å². The number of nitrogens with zero attached hydrogens (tertiary/aromatic N) is 1. The number of aryl methyl sites for hydroxylation is 2. The number of rotatable bonds is 29. The Labute approximate surface area is 408 Å². The summed E-state index contributed by atoms with van der Waals surface area (Å²) in [6.45, 7) is 9.32. The number of thiophene rings is 1. The Kier molecular flexibility index (Phi) is 23.2. The van der Waals surface area contributed by atoms with Gasteiger partial charge in [-0.15, -0.1) is 11.3 Å². The number of hydrogen-bond acceptors (Lipinski definition) is 14. The minimum absolute atomic E-state index is 0.00122. The quantitative estimate of drug-likeness (QED) is 0.0342. The van der Waals surface area contributed by atoms with Gasteiger partial charge in [-0.25, -0.2) is 19.2 Å². The van der Waals surface area contributed by atoms with E-state index in [4.69, 9.17) is 13.6 Å². The topological polar surface area (TPSA) is 214 Å². The van der Waals surface area contributed by atoms with Crippen LogP contribution in [0.5, 0.6) is 11.5 Å². The lowest BCUT2D eigenvalue weighted by atomic mass is 9.93. The Bertz CT molecular complexity index is 2470. The van der Waals surface area contributed by atoms with Crippen LogP contribution in [0.2, 0.25) is 0 Å². The van der Waals surface area contributed by atoms with Gasteiger partial charge >= 0.3 is 23.4 Å². The number of amides is 2. The molecule has 0 spiro atoms. The molecule has 0 aliphatic rings. The van der Waals surface area contributed by atoms with Crippen LogP contribution >= 0.6 is 11.3 Å². The van der Waals surface area contributed by atoms with Crippen molar-refractivity contribution in [2.75, 3.05) is 20.8 Å². The lowest BCUT2D eigenvalue weighted by molar-refractivity contribution is 0.0913. The van der Waals surface area contributed by atoms with Gasteiger partial charge in [0.2, 0.25) is 0 Å². The van der Waals surface area contributed by atoms with Crippen molar-refractivity contribution in [3.8, 4) is 11.5 Å². The largest absolute Gasteiger partial charge is 0.507 e. The molecule has 0 bridgehead atoms. The minimum atomic E-state index is -1.01. The predicted octanol–water partition coefficient (Wildman–Crippen LogP) is 10.9. The third-order valence-corrected chi connectivity index (χ3v) is 12.9. The molecule has 0 radical (unpaired) electrons. The highest BCUT2D eigenvalue weighted by atomic mass is 32.1. The summed E-state index contributed by atoms with van der Waals surface area (Å²) in [7, 11) is 2.49. The molecular formula is C53H69N3O12S. The third-order valence-electron chi connectivity index (χ3n) is 11.8. The lowest BCUT2D eigenvalue weighted by Gasteiger charge is -2.20. The predicted molar refractivity (Wildman–Crippen MR) is 266 cm³/mol. The van der Waals surface area contributed by atoms with Crippen molar-refractivity contribution < 1.29 is 47.3 Å². The van der Waals surface area contributed by atoms with Gasteiger partial charge in [0.1, 0.15) is 34.1 Å². The van der Waals surface area contributed by atoms with Crippen LogP contribution in [0.25, 0.3) is 0 Å². The number of nitrogens with one attached hydrogen (secondary N) is 2. The van der Waals surface area contributed by atoms with E-state index in [-0.39, 0.29) is 41.8 Å². The van der Waals surface area contributed by atoms with Crippen LogP contribution in [0.4, 0.5) is 9.59 Å². The molecule has 374 valence electrons. The number of pyridine rings is 1. The fourth-order valence-corrected chi connectivity index (χ4v) is 8.81. The van der Waals surface area contributed by atoms with Crippen molar-refractivity contribution in [3.63, 3.8) is 0 Å². The van der Waals surface area contributed by atoms with Gasteiger partial charge in [0.15, 0.2) is 11.6 Å². The fourth-order valence-electron chi connectivity index (χ4n) is 7.63. The number of hydrogen-bond donors (Lipinski definition) is 3. The average Bonchev–Trinajstić information content (AvgIpc) is 3.79. The van der Waals surface area contributed by atoms with Crippen molar-refractivity contribution in [2.45, 2.75) is 136 Å². The number of allylic oxidation sites excluding steroid dienone is 2. The first-order chi connectivity index (χ1) is 33.2.